The normalized spacial score (nSPS) is 11.7. The van der Waals surface area contributed by atoms with E-state index in [0.29, 0.717) is 11.6 Å². The van der Waals surface area contributed by atoms with Crippen LogP contribution in [0.15, 0.2) is 203 Å². The fourth-order valence-corrected chi connectivity index (χ4v) is 8.40. The van der Waals surface area contributed by atoms with E-state index in [-0.39, 0.29) is 0 Å². The Labute approximate surface area is 344 Å². The summed E-state index contributed by atoms with van der Waals surface area (Å²) in [5.41, 5.74) is 13.6. The molecule has 60 heavy (non-hydrogen) atoms. The number of fused-ring (bicyclic) bond motifs is 7. The van der Waals surface area contributed by atoms with E-state index in [1.165, 1.54) is 0 Å². The van der Waals surface area contributed by atoms with Crippen molar-refractivity contribution in [3.63, 3.8) is 0 Å². The lowest BCUT2D eigenvalue weighted by molar-refractivity contribution is 0.670. The fourth-order valence-electron chi connectivity index (χ4n) is 8.40. The molecule has 12 rings (SSSR count). The monoisotopic (exact) mass is 768 g/mol. The van der Waals surface area contributed by atoms with Gasteiger partial charge in [0.25, 0.3) is 0 Å². The summed E-state index contributed by atoms with van der Waals surface area (Å²) in [6, 6.07) is 64.4. The van der Waals surface area contributed by atoms with E-state index >= 15 is 0 Å². The minimum absolute atomic E-state index is 0.614. The maximum absolute atomic E-state index is 6.60. The number of rotatable bonds is 6. The molecule has 6 nitrogen and oxygen atoms in total. The Kier molecular flexibility index (Phi) is 7.74. The quantitative estimate of drug-likeness (QED) is 0.168. The van der Waals surface area contributed by atoms with Crippen LogP contribution in [0.3, 0.4) is 0 Å². The standard InChI is InChI=1S/C54H32N4O2/c1-2-12-33(13-3-1)47-31-48(58-54(57-47)35-26-24-34(25-27-35)53-55-32-36-14-4-7-21-46(36)56-53)39-29-37(40-17-10-19-44-42-15-5-8-22-49(42)59-51(40)44)28-38(30-39)41-18-11-20-45-43-16-6-9-23-50(43)60-52(41)45/h1-32H. The van der Waals surface area contributed by atoms with Crippen LogP contribution in [-0.4, -0.2) is 19.9 Å². The number of hydrogen-bond acceptors (Lipinski definition) is 6. The van der Waals surface area contributed by atoms with Gasteiger partial charge in [-0.25, -0.2) is 19.9 Å². The summed E-state index contributed by atoms with van der Waals surface area (Å²) in [6.07, 6.45) is 1.87. The molecule has 0 spiro atoms. The van der Waals surface area contributed by atoms with Gasteiger partial charge in [0.15, 0.2) is 11.6 Å². The average Bonchev–Trinajstić information content (AvgIpc) is 3.90. The Balaban J connectivity index is 1.06. The zero-order valence-corrected chi connectivity index (χ0v) is 32.1. The summed E-state index contributed by atoms with van der Waals surface area (Å²) in [5.74, 6) is 1.28. The first-order valence-electron chi connectivity index (χ1n) is 19.9. The van der Waals surface area contributed by atoms with Gasteiger partial charge in [-0.3, -0.25) is 0 Å². The maximum Gasteiger partial charge on any atom is 0.160 e. The van der Waals surface area contributed by atoms with Gasteiger partial charge in [0.2, 0.25) is 0 Å². The number of hydrogen-bond donors (Lipinski definition) is 0. The van der Waals surface area contributed by atoms with Gasteiger partial charge in [-0.1, -0.05) is 146 Å². The van der Waals surface area contributed by atoms with Crippen molar-refractivity contribution in [2.75, 3.05) is 0 Å². The van der Waals surface area contributed by atoms with E-state index in [4.69, 9.17) is 23.8 Å². The van der Waals surface area contributed by atoms with E-state index in [1.807, 2.05) is 97.2 Å². The van der Waals surface area contributed by atoms with Crippen LogP contribution in [-0.2, 0) is 0 Å². The topological polar surface area (TPSA) is 77.8 Å². The second-order valence-corrected chi connectivity index (χ2v) is 15.0. The van der Waals surface area contributed by atoms with E-state index in [9.17, 15) is 0 Å². The van der Waals surface area contributed by atoms with Crippen molar-refractivity contribution >= 4 is 54.8 Å². The molecule has 0 aliphatic carbocycles. The molecular weight excluding hydrogens is 737 g/mol. The first-order valence-corrected chi connectivity index (χ1v) is 19.9. The molecule has 280 valence electrons. The van der Waals surface area contributed by atoms with Crippen molar-refractivity contribution < 1.29 is 8.83 Å². The summed E-state index contributed by atoms with van der Waals surface area (Å²) in [5, 5.41) is 5.32. The van der Waals surface area contributed by atoms with Crippen LogP contribution in [0.2, 0.25) is 0 Å². The summed E-state index contributed by atoms with van der Waals surface area (Å²) in [7, 11) is 0. The van der Waals surface area contributed by atoms with Gasteiger partial charge in [0.05, 0.1) is 16.9 Å². The molecule has 8 aromatic carbocycles. The largest absolute Gasteiger partial charge is 0.455 e. The van der Waals surface area contributed by atoms with Crippen LogP contribution in [0.4, 0.5) is 0 Å². The number of benzene rings is 8. The minimum atomic E-state index is 0.614. The van der Waals surface area contributed by atoms with Crippen molar-refractivity contribution in [3.8, 4) is 67.5 Å². The molecule has 4 aromatic heterocycles. The van der Waals surface area contributed by atoms with Crippen LogP contribution in [0.1, 0.15) is 0 Å². The lowest BCUT2D eigenvalue weighted by atomic mass is 9.93. The molecule has 0 unspecified atom stereocenters. The highest BCUT2D eigenvalue weighted by Crippen LogP contribution is 2.42. The van der Waals surface area contributed by atoms with E-state index < -0.39 is 0 Å². The van der Waals surface area contributed by atoms with Gasteiger partial charge in [-0.05, 0) is 53.6 Å². The highest BCUT2D eigenvalue weighted by molar-refractivity contribution is 6.11. The number of nitrogens with zero attached hydrogens (tertiary/aromatic N) is 4. The number of furan rings is 2. The van der Waals surface area contributed by atoms with Gasteiger partial charge < -0.3 is 8.83 Å². The van der Waals surface area contributed by atoms with Gasteiger partial charge >= 0.3 is 0 Å². The Morgan fingerprint density at radius 3 is 1.50 bits per heavy atom. The molecule has 0 atom stereocenters. The molecule has 0 amide bonds. The number of aromatic nitrogens is 4. The fraction of sp³-hybridized carbons (Fsp3) is 0. The van der Waals surface area contributed by atoms with E-state index in [2.05, 4.69) is 102 Å². The highest BCUT2D eigenvalue weighted by atomic mass is 16.3. The molecular formula is C54H32N4O2. The van der Waals surface area contributed by atoms with Crippen LogP contribution < -0.4 is 0 Å². The molecule has 0 N–H and O–H groups in total. The average molecular weight is 769 g/mol. The molecule has 0 aliphatic heterocycles. The van der Waals surface area contributed by atoms with Gasteiger partial charge in [-0.2, -0.15) is 0 Å². The molecule has 6 heteroatoms. The van der Waals surface area contributed by atoms with Gasteiger partial charge in [0.1, 0.15) is 22.3 Å². The van der Waals surface area contributed by atoms with Crippen molar-refractivity contribution in [3.05, 3.63) is 194 Å². The first kappa shape index (κ1) is 33.9. The predicted octanol–water partition coefficient (Wildman–Crippen LogP) is 14.2. The lowest BCUT2D eigenvalue weighted by Gasteiger charge is -2.14. The Morgan fingerprint density at radius 2 is 0.850 bits per heavy atom. The third-order valence-electron chi connectivity index (χ3n) is 11.3. The van der Waals surface area contributed by atoms with Crippen molar-refractivity contribution in [1.29, 1.82) is 0 Å². The van der Waals surface area contributed by atoms with Crippen molar-refractivity contribution in [2.24, 2.45) is 0 Å². The van der Waals surface area contributed by atoms with Crippen LogP contribution in [0.25, 0.3) is 122 Å². The van der Waals surface area contributed by atoms with Crippen LogP contribution in [0, 0.1) is 0 Å². The second kappa shape index (κ2) is 13.7. The van der Waals surface area contributed by atoms with Crippen LogP contribution in [0.5, 0.6) is 0 Å². The molecule has 4 heterocycles. The molecule has 0 fully saturated rings. The molecule has 0 radical (unpaired) electrons. The summed E-state index contributed by atoms with van der Waals surface area (Å²) in [6.45, 7) is 0. The van der Waals surface area contributed by atoms with Crippen LogP contribution >= 0.6 is 0 Å². The summed E-state index contributed by atoms with van der Waals surface area (Å²) < 4.78 is 13.2. The minimum Gasteiger partial charge on any atom is -0.455 e. The molecule has 0 bridgehead atoms. The molecule has 0 saturated heterocycles. The van der Waals surface area contributed by atoms with Gasteiger partial charge in [-0.15, -0.1) is 0 Å². The zero-order valence-electron chi connectivity index (χ0n) is 32.1. The number of para-hydroxylation sites is 5. The molecule has 12 aromatic rings. The third-order valence-corrected chi connectivity index (χ3v) is 11.3. The molecule has 0 aliphatic rings. The smallest absolute Gasteiger partial charge is 0.160 e. The second-order valence-electron chi connectivity index (χ2n) is 15.0. The highest BCUT2D eigenvalue weighted by Gasteiger charge is 2.19. The van der Waals surface area contributed by atoms with Gasteiger partial charge in [0, 0.05) is 66.5 Å². The summed E-state index contributed by atoms with van der Waals surface area (Å²) >= 11 is 0. The summed E-state index contributed by atoms with van der Waals surface area (Å²) in [4.78, 5) is 20.0. The van der Waals surface area contributed by atoms with Crippen molar-refractivity contribution in [1.82, 2.24) is 19.9 Å². The zero-order chi connectivity index (χ0) is 39.6. The lowest BCUT2D eigenvalue weighted by Crippen LogP contribution is -1.97. The SMILES string of the molecule is c1ccc(-c2cc(-c3cc(-c4cccc5c4oc4ccccc45)cc(-c4cccc5c4oc4ccccc45)c3)nc(-c3ccc(-c4ncc5ccccc5n4)cc3)n2)cc1. The van der Waals surface area contributed by atoms with E-state index in [1.54, 1.807) is 0 Å². The Hall–Kier alpha value is -8.22. The third kappa shape index (κ3) is 5.73. The van der Waals surface area contributed by atoms with Crippen molar-refractivity contribution in [2.45, 2.75) is 0 Å². The predicted molar refractivity (Wildman–Crippen MR) is 242 cm³/mol. The van der Waals surface area contributed by atoms with E-state index in [0.717, 1.165) is 111 Å². The molecule has 0 saturated carbocycles. The Morgan fingerprint density at radius 1 is 0.333 bits per heavy atom. The maximum atomic E-state index is 6.60. The first-order chi connectivity index (χ1) is 29.7. The Bertz CT molecular complexity index is 3480.